The van der Waals surface area contributed by atoms with Gasteiger partial charge in [-0.05, 0) is 26.7 Å². The summed E-state index contributed by atoms with van der Waals surface area (Å²) in [4.78, 5) is 22.5. The van der Waals surface area contributed by atoms with Crippen LogP contribution in [0.2, 0.25) is 0 Å². The standard InChI is InChI=1S/C15H24N5O6P/c1-3-25-27(23,26-4-2)8-24-11-6-9(5-10(11)21)20-7-17-12-13(20)18-15(16)19-14(12)22/h7,9-11,21H,3-6,8H2,1-2H3,(H3,16,18,19,22)/t9-,10-,11-/m0/s1. The molecule has 150 valence electrons. The zero-order valence-electron chi connectivity index (χ0n) is 15.2. The van der Waals surface area contributed by atoms with Crippen LogP contribution in [0.15, 0.2) is 11.1 Å². The molecule has 1 saturated carbocycles. The summed E-state index contributed by atoms with van der Waals surface area (Å²) >= 11 is 0. The van der Waals surface area contributed by atoms with Gasteiger partial charge in [0.2, 0.25) is 5.95 Å². The van der Waals surface area contributed by atoms with Crippen molar-refractivity contribution < 1.29 is 23.5 Å². The van der Waals surface area contributed by atoms with Crippen molar-refractivity contribution in [3.8, 4) is 0 Å². The molecule has 0 aliphatic heterocycles. The Morgan fingerprint density at radius 3 is 2.74 bits per heavy atom. The molecule has 1 aliphatic rings. The van der Waals surface area contributed by atoms with Gasteiger partial charge in [-0.1, -0.05) is 0 Å². The van der Waals surface area contributed by atoms with Crippen LogP contribution in [0.25, 0.3) is 11.2 Å². The molecule has 0 amide bonds. The van der Waals surface area contributed by atoms with Crippen LogP contribution < -0.4 is 11.3 Å². The minimum atomic E-state index is -3.36. The number of nitrogen functional groups attached to an aromatic ring is 1. The first-order valence-corrected chi connectivity index (χ1v) is 10.5. The molecule has 12 heteroatoms. The van der Waals surface area contributed by atoms with E-state index in [4.69, 9.17) is 19.5 Å². The quantitative estimate of drug-likeness (QED) is 0.550. The third-order valence-electron chi connectivity index (χ3n) is 4.39. The van der Waals surface area contributed by atoms with Crippen molar-refractivity contribution in [2.45, 2.75) is 44.9 Å². The van der Waals surface area contributed by atoms with Crippen molar-refractivity contribution in [3.63, 3.8) is 0 Å². The van der Waals surface area contributed by atoms with Gasteiger partial charge in [-0.25, -0.2) is 4.98 Å². The molecule has 3 atom stereocenters. The average molecular weight is 401 g/mol. The summed E-state index contributed by atoms with van der Waals surface area (Å²) in [6, 6.07) is -0.192. The first kappa shape index (κ1) is 20.0. The minimum absolute atomic E-state index is 0.00466. The fraction of sp³-hybridized carbons (Fsp3) is 0.667. The van der Waals surface area contributed by atoms with Crippen LogP contribution in [0.1, 0.15) is 32.7 Å². The maximum atomic E-state index is 12.5. The number of aliphatic hydroxyl groups is 1. The largest absolute Gasteiger partial charge is 0.390 e. The lowest BCUT2D eigenvalue weighted by Crippen LogP contribution is -2.23. The number of H-pyrrole nitrogens is 1. The van der Waals surface area contributed by atoms with Gasteiger partial charge in [-0.2, -0.15) is 4.98 Å². The molecule has 2 aromatic rings. The second kappa shape index (κ2) is 8.07. The van der Waals surface area contributed by atoms with Gasteiger partial charge < -0.3 is 29.2 Å². The van der Waals surface area contributed by atoms with Crippen molar-refractivity contribution in [2.75, 3.05) is 25.3 Å². The first-order chi connectivity index (χ1) is 12.9. The number of ether oxygens (including phenoxy) is 1. The van der Waals surface area contributed by atoms with Crippen LogP contribution in [0.3, 0.4) is 0 Å². The topological polar surface area (TPSA) is 155 Å². The highest BCUT2D eigenvalue weighted by molar-refractivity contribution is 7.53. The van der Waals surface area contributed by atoms with Gasteiger partial charge in [0.25, 0.3) is 5.56 Å². The lowest BCUT2D eigenvalue weighted by molar-refractivity contribution is -0.00712. The number of aromatic nitrogens is 4. The van der Waals surface area contributed by atoms with E-state index < -0.39 is 25.4 Å². The summed E-state index contributed by atoms with van der Waals surface area (Å²) in [5.74, 6) is -0.00466. The zero-order valence-corrected chi connectivity index (χ0v) is 16.1. The number of nitrogens with two attached hydrogens (primary N) is 1. The van der Waals surface area contributed by atoms with E-state index in [1.54, 1.807) is 18.4 Å². The van der Waals surface area contributed by atoms with Crippen molar-refractivity contribution in [1.82, 2.24) is 19.5 Å². The summed E-state index contributed by atoms with van der Waals surface area (Å²) in [5, 5.41) is 10.4. The summed E-state index contributed by atoms with van der Waals surface area (Å²) in [5.41, 5.74) is 5.73. The fourth-order valence-electron chi connectivity index (χ4n) is 3.26. The Morgan fingerprint density at radius 1 is 1.37 bits per heavy atom. The number of anilines is 1. The third kappa shape index (κ3) is 4.22. The van der Waals surface area contributed by atoms with E-state index in [9.17, 15) is 14.5 Å². The van der Waals surface area contributed by atoms with Crippen molar-refractivity contribution in [3.05, 3.63) is 16.7 Å². The van der Waals surface area contributed by atoms with Crippen molar-refractivity contribution >= 4 is 24.7 Å². The molecule has 0 radical (unpaired) electrons. The van der Waals surface area contributed by atoms with Gasteiger partial charge in [0.05, 0.1) is 31.7 Å². The molecule has 11 nitrogen and oxygen atoms in total. The number of nitrogens with zero attached hydrogens (tertiary/aromatic N) is 3. The van der Waals surface area contributed by atoms with E-state index in [0.717, 1.165) is 0 Å². The lowest BCUT2D eigenvalue weighted by atomic mass is 10.2. The molecule has 4 N–H and O–H groups in total. The average Bonchev–Trinajstić information content (AvgIpc) is 3.17. The van der Waals surface area contributed by atoms with Crippen molar-refractivity contribution in [1.29, 1.82) is 0 Å². The molecule has 0 bridgehead atoms. The Kier molecular flexibility index (Phi) is 5.97. The molecule has 0 spiro atoms. The smallest absolute Gasteiger partial charge is 0.356 e. The molecule has 1 aliphatic carbocycles. The second-order valence-electron chi connectivity index (χ2n) is 6.25. The summed E-state index contributed by atoms with van der Waals surface area (Å²) < 4.78 is 30.3. The fourth-order valence-corrected chi connectivity index (χ4v) is 4.65. The van der Waals surface area contributed by atoms with E-state index in [0.29, 0.717) is 18.5 Å². The highest BCUT2D eigenvalue weighted by Crippen LogP contribution is 2.49. The van der Waals surface area contributed by atoms with Crippen LogP contribution >= 0.6 is 7.60 Å². The Morgan fingerprint density at radius 2 is 2.07 bits per heavy atom. The SMILES string of the molecule is CCOP(=O)(CO[C@H]1C[C@@H](n2cnc3c(=O)[nH]c(N)nc32)C[C@@H]1O)OCC. The zero-order chi connectivity index (χ0) is 19.6. The van der Waals surface area contributed by atoms with Crippen LogP contribution in [-0.4, -0.2) is 56.4 Å². The monoisotopic (exact) mass is 401 g/mol. The van der Waals surface area contributed by atoms with Gasteiger partial charge in [-0.3, -0.25) is 14.3 Å². The van der Waals surface area contributed by atoms with Crippen LogP contribution in [-0.2, 0) is 18.3 Å². The number of aliphatic hydroxyl groups excluding tert-OH is 1. The highest BCUT2D eigenvalue weighted by atomic mass is 31.2. The van der Waals surface area contributed by atoms with E-state index in [1.807, 2.05) is 0 Å². The molecular formula is C15H24N5O6P. The molecule has 0 saturated heterocycles. The molecular weight excluding hydrogens is 377 g/mol. The van der Waals surface area contributed by atoms with E-state index in [-0.39, 0.29) is 37.1 Å². The number of nitrogens with one attached hydrogen (secondary N) is 1. The molecule has 2 aromatic heterocycles. The molecule has 27 heavy (non-hydrogen) atoms. The predicted octanol–water partition coefficient (Wildman–Crippen LogP) is 1.01. The van der Waals surface area contributed by atoms with Gasteiger partial charge in [0.15, 0.2) is 11.2 Å². The predicted molar refractivity (Wildman–Crippen MR) is 97.4 cm³/mol. The van der Waals surface area contributed by atoms with Crippen molar-refractivity contribution in [2.24, 2.45) is 0 Å². The molecule has 0 unspecified atom stereocenters. The minimum Gasteiger partial charge on any atom is -0.390 e. The van der Waals surface area contributed by atoms with E-state index in [2.05, 4.69) is 15.0 Å². The molecule has 3 rings (SSSR count). The number of imidazole rings is 1. The number of fused-ring (bicyclic) bond motifs is 1. The van der Waals surface area contributed by atoms with Crippen LogP contribution in [0.4, 0.5) is 5.95 Å². The lowest BCUT2D eigenvalue weighted by Gasteiger charge is -2.21. The van der Waals surface area contributed by atoms with E-state index in [1.165, 1.54) is 6.33 Å². The van der Waals surface area contributed by atoms with Gasteiger partial charge in [0.1, 0.15) is 6.35 Å². The van der Waals surface area contributed by atoms with E-state index >= 15 is 0 Å². The third-order valence-corrected chi connectivity index (χ3v) is 6.16. The molecule has 1 fully saturated rings. The van der Waals surface area contributed by atoms with Gasteiger partial charge >= 0.3 is 7.60 Å². The summed E-state index contributed by atoms with van der Waals surface area (Å²) in [6.45, 7) is 3.91. The maximum Gasteiger partial charge on any atom is 0.356 e. The number of aromatic amines is 1. The summed E-state index contributed by atoms with van der Waals surface area (Å²) in [6.07, 6.45) is 0.734. The van der Waals surface area contributed by atoms with Crippen LogP contribution in [0, 0.1) is 0 Å². The van der Waals surface area contributed by atoms with Gasteiger partial charge in [0, 0.05) is 6.04 Å². The Labute approximate surface area is 155 Å². The number of rotatable bonds is 8. The molecule has 2 heterocycles. The number of hydrogen-bond donors (Lipinski definition) is 3. The Hall–Kier alpha value is -1.78. The Balaban J connectivity index is 1.73. The second-order valence-corrected chi connectivity index (χ2v) is 8.24. The van der Waals surface area contributed by atoms with Gasteiger partial charge in [-0.15, -0.1) is 0 Å². The summed E-state index contributed by atoms with van der Waals surface area (Å²) in [7, 11) is -3.36. The maximum absolute atomic E-state index is 12.5. The Bertz CT molecular complexity index is 888. The normalized spacial score (nSPS) is 23.3. The van der Waals surface area contributed by atoms with Crippen LogP contribution in [0.5, 0.6) is 0 Å². The number of hydrogen-bond acceptors (Lipinski definition) is 9. The molecule has 0 aromatic carbocycles. The highest BCUT2D eigenvalue weighted by Gasteiger charge is 2.37. The first-order valence-electron chi connectivity index (χ1n) is 8.77.